The number of carbonyl (C=O) groups is 1. The van der Waals surface area contributed by atoms with Crippen LogP contribution in [0, 0.1) is 0 Å². The number of carbonyl (C=O) groups excluding carboxylic acids is 1. The summed E-state index contributed by atoms with van der Waals surface area (Å²) in [6, 6.07) is 13.2. The minimum Gasteiger partial charge on any atom is -0.506 e. The van der Waals surface area contributed by atoms with Crippen molar-refractivity contribution in [2.75, 3.05) is 5.32 Å². The van der Waals surface area contributed by atoms with Gasteiger partial charge in [-0.25, -0.2) is 4.79 Å². The average Bonchev–Trinajstić information content (AvgIpc) is 2.57. The highest BCUT2D eigenvalue weighted by Gasteiger charge is 2.16. The van der Waals surface area contributed by atoms with Crippen molar-refractivity contribution < 1.29 is 14.3 Å². The number of nitrogens with one attached hydrogen (secondary N) is 1. The van der Waals surface area contributed by atoms with Crippen LogP contribution in [0.25, 0.3) is 11.0 Å². The number of hydrogen-bond donors (Lipinski definition) is 2. The van der Waals surface area contributed by atoms with E-state index in [0.29, 0.717) is 17.4 Å². The molecule has 0 bridgehead atoms. The van der Waals surface area contributed by atoms with Crippen molar-refractivity contribution >= 4 is 22.6 Å². The lowest BCUT2D eigenvalue weighted by Gasteiger charge is -2.08. The first-order chi connectivity index (χ1) is 11.6. The van der Waals surface area contributed by atoms with Crippen molar-refractivity contribution in [3.05, 3.63) is 82.7 Å². The molecule has 2 N–H and O–H groups in total. The molecule has 0 unspecified atom stereocenters. The van der Waals surface area contributed by atoms with E-state index in [-0.39, 0.29) is 17.0 Å². The first-order valence-corrected chi connectivity index (χ1v) is 7.36. The van der Waals surface area contributed by atoms with Crippen LogP contribution < -0.4 is 10.9 Å². The Balaban J connectivity index is 2.02. The second-order valence-electron chi connectivity index (χ2n) is 5.25. The van der Waals surface area contributed by atoms with Gasteiger partial charge in [0.25, 0.3) is 5.91 Å². The predicted molar refractivity (Wildman–Crippen MR) is 92.4 cm³/mol. The Labute approximate surface area is 137 Å². The number of phenols is 1. The van der Waals surface area contributed by atoms with Gasteiger partial charge in [-0.15, -0.1) is 6.58 Å². The van der Waals surface area contributed by atoms with Crippen molar-refractivity contribution in [3.63, 3.8) is 0 Å². The largest absolute Gasteiger partial charge is 0.506 e. The first-order valence-electron chi connectivity index (χ1n) is 7.36. The molecule has 2 aromatic carbocycles. The van der Waals surface area contributed by atoms with Crippen molar-refractivity contribution in [2.24, 2.45) is 0 Å². The lowest BCUT2D eigenvalue weighted by atomic mass is 10.1. The molecule has 0 saturated heterocycles. The molecule has 0 saturated carbocycles. The topological polar surface area (TPSA) is 79.5 Å². The van der Waals surface area contributed by atoms with Crippen LogP contribution in [-0.2, 0) is 6.42 Å². The van der Waals surface area contributed by atoms with E-state index in [1.165, 1.54) is 18.2 Å². The number of fused-ring (bicyclic) bond motifs is 1. The lowest BCUT2D eigenvalue weighted by molar-refractivity contribution is 0.102. The molecule has 0 fully saturated rings. The molecule has 0 radical (unpaired) electrons. The van der Waals surface area contributed by atoms with Crippen molar-refractivity contribution in [1.82, 2.24) is 0 Å². The number of rotatable bonds is 4. The molecule has 0 aliphatic carbocycles. The van der Waals surface area contributed by atoms with Gasteiger partial charge in [0.1, 0.15) is 16.9 Å². The highest BCUT2D eigenvalue weighted by Crippen LogP contribution is 2.23. The summed E-state index contributed by atoms with van der Waals surface area (Å²) < 4.78 is 5.34. The van der Waals surface area contributed by atoms with E-state index >= 15 is 0 Å². The van der Waals surface area contributed by atoms with Gasteiger partial charge in [0.15, 0.2) is 0 Å². The van der Waals surface area contributed by atoms with E-state index < -0.39 is 11.5 Å². The maximum absolute atomic E-state index is 12.3. The van der Waals surface area contributed by atoms with Crippen molar-refractivity contribution in [3.8, 4) is 5.75 Å². The van der Waals surface area contributed by atoms with Crippen molar-refractivity contribution in [2.45, 2.75) is 6.42 Å². The van der Waals surface area contributed by atoms with Gasteiger partial charge in [-0.1, -0.05) is 36.4 Å². The molecule has 24 heavy (non-hydrogen) atoms. The van der Waals surface area contributed by atoms with Gasteiger partial charge in [0, 0.05) is 5.39 Å². The summed E-state index contributed by atoms with van der Waals surface area (Å²) in [5, 5.41) is 12.9. The molecule has 1 heterocycles. The molecule has 5 heteroatoms. The highest BCUT2D eigenvalue weighted by molar-refractivity contribution is 6.06. The summed E-state index contributed by atoms with van der Waals surface area (Å²) in [6.45, 7) is 3.68. The molecule has 0 spiro atoms. The van der Waals surface area contributed by atoms with Gasteiger partial charge < -0.3 is 14.8 Å². The maximum atomic E-state index is 12.3. The standard InChI is InChI=1S/C19H15NO4/c1-2-6-12-7-5-8-13-11-14(19(23)24-17(12)13)18(22)20-15-9-3-4-10-16(15)21/h2-5,7-11,21H,1,6H2,(H,20,22). The number of benzene rings is 2. The van der Waals surface area contributed by atoms with Crippen LogP contribution in [0.5, 0.6) is 5.75 Å². The van der Waals surface area contributed by atoms with Crippen LogP contribution in [-0.4, -0.2) is 11.0 Å². The van der Waals surface area contributed by atoms with E-state index in [1.54, 1.807) is 24.3 Å². The van der Waals surface area contributed by atoms with Crippen LogP contribution in [0.4, 0.5) is 5.69 Å². The maximum Gasteiger partial charge on any atom is 0.349 e. The van der Waals surface area contributed by atoms with Crippen LogP contribution in [0.2, 0.25) is 0 Å². The quantitative estimate of drug-likeness (QED) is 0.438. The fourth-order valence-electron chi connectivity index (χ4n) is 2.45. The zero-order valence-corrected chi connectivity index (χ0v) is 12.8. The summed E-state index contributed by atoms with van der Waals surface area (Å²) in [5.74, 6) is -0.717. The van der Waals surface area contributed by atoms with E-state index in [1.807, 2.05) is 12.1 Å². The Bertz CT molecular complexity index is 988. The third-order valence-electron chi connectivity index (χ3n) is 3.60. The fraction of sp³-hybridized carbons (Fsp3) is 0.0526. The number of aromatic hydroxyl groups is 1. The van der Waals surface area contributed by atoms with Gasteiger partial charge in [0.05, 0.1) is 5.69 Å². The lowest BCUT2D eigenvalue weighted by Crippen LogP contribution is -2.20. The predicted octanol–water partition coefficient (Wildman–Crippen LogP) is 3.48. The summed E-state index contributed by atoms with van der Waals surface area (Å²) in [7, 11) is 0. The first kappa shape index (κ1) is 15.6. The Morgan fingerprint density at radius 2 is 2.00 bits per heavy atom. The molecule has 1 amide bonds. The Hall–Kier alpha value is -3.34. The smallest absolute Gasteiger partial charge is 0.349 e. The normalized spacial score (nSPS) is 10.5. The molecule has 120 valence electrons. The van der Waals surface area contributed by atoms with Crippen LogP contribution in [0.3, 0.4) is 0 Å². The third kappa shape index (κ3) is 2.92. The number of phenolic OH excluding ortho intramolecular Hbond substituents is 1. The van der Waals surface area contributed by atoms with Gasteiger partial charge >= 0.3 is 5.63 Å². The third-order valence-corrected chi connectivity index (χ3v) is 3.60. The minimum atomic E-state index is -0.730. The van der Waals surface area contributed by atoms with E-state index in [0.717, 1.165) is 5.56 Å². The summed E-state index contributed by atoms with van der Waals surface area (Å²) >= 11 is 0. The summed E-state index contributed by atoms with van der Waals surface area (Å²) in [4.78, 5) is 24.5. The zero-order valence-electron chi connectivity index (χ0n) is 12.8. The van der Waals surface area contributed by atoms with E-state index in [2.05, 4.69) is 11.9 Å². The number of amides is 1. The van der Waals surface area contributed by atoms with Gasteiger partial charge in [-0.05, 0) is 30.2 Å². The molecular formula is C19H15NO4. The molecule has 5 nitrogen and oxygen atoms in total. The molecule has 0 atom stereocenters. The van der Waals surface area contributed by atoms with E-state index in [4.69, 9.17) is 4.42 Å². The van der Waals surface area contributed by atoms with Crippen LogP contribution >= 0.6 is 0 Å². The molecule has 0 aliphatic heterocycles. The zero-order chi connectivity index (χ0) is 17.1. The number of para-hydroxylation sites is 3. The highest BCUT2D eigenvalue weighted by atomic mass is 16.4. The van der Waals surface area contributed by atoms with Crippen LogP contribution in [0.1, 0.15) is 15.9 Å². The second-order valence-corrected chi connectivity index (χ2v) is 5.25. The Kier molecular flexibility index (Phi) is 4.16. The Morgan fingerprint density at radius 1 is 1.21 bits per heavy atom. The fourth-order valence-corrected chi connectivity index (χ4v) is 2.45. The number of hydrogen-bond acceptors (Lipinski definition) is 4. The van der Waals surface area contributed by atoms with Crippen molar-refractivity contribution in [1.29, 1.82) is 0 Å². The molecule has 1 aromatic heterocycles. The van der Waals surface area contributed by atoms with Gasteiger partial charge in [0.2, 0.25) is 0 Å². The Morgan fingerprint density at radius 3 is 2.75 bits per heavy atom. The molecular weight excluding hydrogens is 306 g/mol. The summed E-state index contributed by atoms with van der Waals surface area (Å²) in [5.41, 5.74) is 0.643. The van der Waals surface area contributed by atoms with E-state index in [9.17, 15) is 14.7 Å². The molecule has 3 aromatic rings. The number of anilines is 1. The van der Waals surface area contributed by atoms with Crippen LogP contribution in [0.15, 0.2) is 70.4 Å². The SMILES string of the molecule is C=CCc1cccc2cc(C(=O)Nc3ccccc3O)c(=O)oc12. The second kappa shape index (κ2) is 6.42. The minimum absolute atomic E-state index is 0.0794. The van der Waals surface area contributed by atoms with Gasteiger partial charge in [-0.2, -0.15) is 0 Å². The number of allylic oxidation sites excluding steroid dienone is 1. The van der Waals surface area contributed by atoms with Gasteiger partial charge in [-0.3, -0.25) is 4.79 Å². The average molecular weight is 321 g/mol. The summed E-state index contributed by atoms with van der Waals surface area (Å²) in [6.07, 6.45) is 2.28. The molecule has 3 rings (SSSR count). The monoisotopic (exact) mass is 321 g/mol. The molecule has 0 aliphatic rings.